The number of benzene rings is 1. The third kappa shape index (κ3) is 5.55. The summed E-state index contributed by atoms with van der Waals surface area (Å²) >= 11 is 0. The van der Waals surface area contributed by atoms with Gasteiger partial charge in [0.15, 0.2) is 0 Å². The Morgan fingerprint density at radius 2 is 1.79 bits per heavy atom. The second-order valence-electron chi connectivity index (χ2n) is 5.75. The molecule has 0 saturated carbocycles. The average Bonchev–Trinajstić information content (AvgIpc) is 2.27. The number of rotatable bonds is 5. The SMILES string of the molecule is CC(C)(C)C(CC(=O)O)NC(=O)Cc1ccccc1. The second kappa shape index (κ2) is 6.36. The van der Waals surface area contributed by atoms with Crippen LogP contribution in [0.4, 0.5) is 0 Å². The van der Waals surface area contributed by atoms with E-state index in [2.05, 4.69) is 5.32 Å². The van der Waals surface area contributed by atoms with Gasteiger partial charge >= 0.3 is 5.97 Å². The van der Waals surface area contributed by atoms with Crippen LogP contribution in [-0.4, -0.2) is 23.0 Å². The molecule has 0 radical (unpaired) electrons. The molecule has 0 saturated heterocycles. The minimum Gasteiger partial charge on any atom is -0.481 e. The zero-order valence-corrected chi connectivity index (χ0v) is 11.6. The zero-order chi connectivity index (χ0) is 14.5. The van der Waals surface area contributed by atoms with Crippen molar-refractivity contribution in [1.82, 2.24) is 5.32 Å². The molecule has 4 heteroatoms. The topological polar surface area (TPSA) is 66.4 Å². The lowest BCUT2D eigenvalue weighted by Crippen LogP contribution is -2.45. The van der Waals surface area contributed by atoms with Gasteiger partial charge in [0, 0.05) is 6.04 Å². The van der Waals surface area contributed by atoms with Crippen LogP contribution in [0.1, 0.15) is 32.8 Å². The first-order chi connectivity index (χ1) is 8.79. The Hall–Kier alpha value is -1.84. The number of nitrogens with one attached hydrogen (secondary N) is 1. The molecule has 1 rings (SSSR count). The summed E-state index contributed by atoms with van der Waals surface area (Å²) in [6, 6.07) is 9.03. The van der Waals surface area contributed by atoms with Crippen LogP contribution < -0.4 is 5.32 Å². The highest BCUT2D eigenvalue weighted by Crippen LogP contribution is 2.22. The molecule has 1 aromatic carbocycles. The molecule has 0 aliphatic rings. The van der Waals surface area contributed by atoms with Crippen molar-refractivity contribution in [3.05, 3.63) is 35.9 Å². The molecular weight excluding hydrogens is 242 g/mol. The highest BCUT2D eigenvalue weighted by molar-refractivity contribution is 5.79. The molecule has 1 amide bonds. The van der Waals surface area contributed by atoms with Gasteiger partial charge in [0.05, 0.1) is 12.8 Å². The molecule has 1 atom stereocenters. The van der Waals surface area contributed by atoms with Crippen LogP contribution in [0.15, 0.2) is 30.3 Å². The van der Waals surface area contributed by atoms with Gasteiger partial charge in [-0.2, -0.15) is 0 Å². The fourth-order valence-electron chi connectivity index (χ4n) is 1.77. The summed E-state index contributed by atoms with van der Waals surface area (Å²) in [4.78, 5) is 22.8. The van der Waals surface area contributed by atoms with Crippen molar-refractivity contribution in [1.29, 1.82) is 0 Å². The van der Waals surface area contributed by atoms with Gasteiger partial charge in [-0.1, -0.05) is 51.1 Å². The minimum absolute atomic E-state index is 0.0654. The van der Waals surface area contributed by atoms with Crippen LogP contribution in [0.25, 0.3) is 0 Å². The van der Waals surface area contributed by atoms with Gasteiger partial charge in [0.2, 0.25) is 5.91 Å². The normalized spacial score (nSPS) is 12.8. The lowest BCUT2D eigenvalue weighted by atomic mass is 9.84. The summed E-state index contributed by atoms with van der Waals surface area (Å²) in [5, 5.41) is 11.7. The van der Waals surface area contributed by atoms with Crippen molar-refractivity contribution in [2.24, 2.45) is 5.41 Å². The summed E-state index contributed by atoms with van der Waals surface area (Å²) in [5.41, 5.74) is 0.632. The Morgan fingerprint density at radius 3 is 2.26 bits per heavy atom. The maximum absolute atomic E-state index is 11.9. The van der Waals surface area contributed by atoms with Crippen molar-refractivity contribution in [3.8, 4) is 0 Å². The van der Waals surface area contributed by atoms with Gasteiger partial charge in [-0.25, -0.2) is 0 Å². The molecule has 0 aromatic heterocycles. The Bertz CT molecular complexity index is 434. The smallest absolute Gasteiger partial charge is 0.305 e. The lowest BCUT2D eigenvalue weighted by Gasteiger charge is -2.30. The first-order valence-electron chi connectivity index (χ1n) is 6.34. The molecule has 0 bridgehead atoms. The Morgan fingerprint density at radius 1 is 1.21 bits per heavy atom. The second-order valence-corrected chi connectivity index (χ2v) is 5.75. The monoisotopic (exact) mass is 263 g/mol. The fraction of sp³-hybridized carbons (Fsp3) is 0.467. The molecule has 1 aromatic rings. The van der Waals surface area contributed by atoms with Crippen molar-refractivity contribution in [2.75, 3.05) is 0 Å². The van der Waals surface area contributed by atoms with E-state index in [1.807, 2.05) is 51.1 Å². The van der Waals surface area contributed by atoms with Crippen LogP contribution in [-0.2, 0) is 16.0 Å². The standard InChI is InChI=1S/C15H21NO3/c1-15(2,3)12(10-14(18)19)16-13(17)9-11-7-5-4-6-8-11/h4-8,12H,9-10H2,1-3H3,(H,16,17)(H,18,19). The Balaban J connectivity index is 2.64. The summed E-state index contributed by atoms with van der Waals surface area (Å²) < 4.78 is 0. The van der Waals surface area contributed by atoms with Crippen LogP contribution in [0.2, 0.25) is 0 Å². The summed E-state index contributed by atoms with van der Waals surface area (Å²) in [5.74, 6) is -1.05. The molecule has 0 spiro atoms. The Kier molecular flexibility index (Phi) is 5.10. The molecule has 0 fully saturated rings. The van der Waals surface area contributed by atoms with Gasteiger partial charge in [-0.15, -0.1) is 0 Å². The molecule has 19 heavy (non-hydrogen) atoms. The number of carboxylic acids is 1. The summed E-state index contributed by atoms with van der Waals surface area (Å²) in [6.45, 7) is 5.76. The van der Waals surface area contributed by atoms with E-state index in [9.17, 15) is 9.59 Å². The van der Waals surface area contributed by atoms with E-state index in [-0.39, 0.29) is 30.2 Å². The maximum Gasteiger partial charge on any atom is 0.305 e. The molecule has 0 heterocycles. The minimum atomic E-state index is -0.903. The molecular formula is C15H21NO3. The predicted octanol–water partition coefficient (Wildman–Crippen LogP) is 2.23. The van der Waals surface area contributed by atoms with E-state index in [1.165, 1.54) is 0 Å². The van der Waals surface area contributed by atoms with Gasteiger partial charge in [0.25, 0.3) is 0 Å². The fourth-order valence-corrected chi connectivity index (χ4v) is 1.77. The van der Waals surface area contributed by atoms with Crippen molar-refractivity contribution in [3.63, 3.8) is 0 Å². The largest absolute Gasteiger partial charge is 0.481 e. The predicted molar refractivity (Wildman–Crippen MR) is 73.8 cm³/mol. The quantitative estimate of drug-likeness (QED) is 0.856. The van der Waals surface area contributed by atoms with Crippen LogP contribution in [0.5, 0.6) is 0 Å². The molecule has 4 nitrogen and oxygen atoms in total. The number of carboxylic acid groups (broad SMARTS) is 1. The lowest BCUT2D eigenvalue weighted by molar-refractivity contribution is -0.138. The van der Waals surface area contributed by atoms with Crippen molar-refractivity contribution >= 4 is 11.9 Å². The van der Waals surface area contributed by atoms with Crippen LogP contribution >= 0.6 is 0 Å². The number of aliphatic carboxylic acids is 1. The highest BCUT2D eigenvalue weighted by Gasteiger charge is 2.28. The molecule has 0 aliphatic carbocycles. The molecule has 1 unspecified atom stereocenters. The maximum atomic E-state index is 11.9. The first kappa shape index (κ1) is 15.2. The first-order valence-corrected chi connectivity index (χ1v) is 6.34. The van der Waals surface area contributed by atoms with Crippen LogP contribution in [0, 0.1) is 5.41 Å². The number of amides is 1. The van der Waals surface area contributed by atoms with Crippen molar-refractivity contribution < 1.29 is 14.7 Å². The van der Waals surface area contributed by atoms with Gasteiger partial charge in [0.1, 0.15) is 0 Å². The third-order valence-electron chi connectivity index (χ3n) is 2.97. The highest BCUT2D eigenvalue weighted by atomic mass is 16.4. The number of hydrogen-bond donors (Lipinski definition) is 2. The van der Waals surface area contributed by atoms with E-state index in [0.717, 1.165) is 5.56 Å². The van der Waals surface area contributed by atoms with E-state index in [0.29, 0.717) is 0 Å². The molecule has 0 aliphatic heterocycles. The third-order valence-corrected chi connectivity index (χ3v) is 2.97. The van der Waals surface area contributed by atoms with Gasteiger partial charge in [-0.3, -0.25) is 9.59 Å². The average molecular weight is 263 g/mol. The van der Waals surface area contributed by atoms with Crippen LogP contribution in [0.3, 0.4) is 0 Å². The van der Waals surface area contributed by atoms with E-state index < -0.39 is 5.97 Å². The van der Waals surface area contributed by atoms with E-state index in [4.69, 9.17) is 5.11 Å². The van der Waals surface area contributed by atoms with Gasteiger partial charge < -0.3 is 10.4 Å². The van der Waals surface area contributed by atoms with Gasteiger partial charge in [-0.05, 0) is 11.0 Å². The summed E-state index contributed by atoms with van der Waals surface area (Å²) in [7, 11) is 0. The zero-order valence-electron chi connectivity index (χ0n) is 11.6. The molecule has 2 N–H and O–H groups in total. The number of carbonyl (C=O) groups excluding carboxylic acids is 1. The molecule has 104 valence electrons. The Labute approximate surface area is 113 Å². The van der Waals surface area contributed by atoms with E-state index in [1.54, 1.807) is 0 Å². The number of carbonyl (C=O) groups is 2. The summed E-state index contributed by atoms with van der Waals surface area (Å²) in [6.07, 6.45) is 0.205. The van der Waals surface area contributed by atoms with E-state index >= 15 is 0 Å². The van der Waals surface area contributed by atoms with Crippen molar-refractivity contribution in [2.45, 2.75) is 39.7 Å². The number of hydrogen-bond acceptors (Lipinski definition) is 2.